The van der Waals surface area contributed by atoms with Crippen molar-refractivity contribution < 1.29 is 34.8 Å². The van der Waals surface area contributed by atoms with E-state index in [9.17, 15) is 30.0 Å². The molecule has 1 aromatic heterocycles. The number of Topliss-reactive ketones (excluding diaryl/α,β-unsaturated/α-hetero) is 1. The van der Waals surface area contributed by atoms with E-state index in [2.05, 4.69) is 4.98 Å². The maximum absolute atomic E-state index is 12.9. The molecule has 0 amide bonds. The van der Waals surface area contributed by atoms with Gasteiger partial charge in [0.05, 0.1) is 33.9 Å². The molecule has 0 radical (unpaired) electrons. The van der Waals surface area contributed by atoms with Gasteiger partial charge in [0.2, 0.25) is 0 Å². The van der Waals surface area contributed by atoms with E-state index >= 15 is 0 Å². The molecule has 1 aromatic rings. The number of aromatic nitrogens is 1. The van der Waals surface area contributed by atoms with E-state index < -0.39 is 47.5 Å². The Balaban J connectivity index is 1.85. The van der Waals surface area contributed by atoms with Gasteiger partial charge in [-0.3, -0.25) is 4.79 Å². The lowest BCUT2D eigenvalue weighted by Gasteiger charge is -2.34. The van der Waals surface area contributed by atoms with E-state index in [1.54, 1.807) is 33.8 Å². The van der Waals surface area contributed by atoms with Gasteiger partial charge in [-0.1, -0.05) is 34.1 Å². The van der Waals surface area contributed by atoms with E-state index in [4.69, 9.17) is 4.74 Å². The molecular formula is C27H43NO7S. The maximum atomic E-state index is 12.9. The Bertz CT molecular complexity index is 929. The van der Waals surface area contributed by atoms with Crippen LogP contribution in [0.1, 0.15) is 77.9 Å². The van der Waals surface area contributed by atoms with Gasteiger partial charge in [0.1, 0.15) is 30.4 Å². The first-order valence-corrected chi connectivity index (χ1v) is 13.5. The smallest absolute Gasteiger partial charge is 0.146 e. The minimum Gasteiger partial charge on any atom is -0.392 e. The zero-order valence-electron chi connectivity index (χ0n) is 22.5. The van der Waals surface area contributed by atoms with Crippen molar-refractivity contribution in [3.63, 3.8) is 0 Å². The molecule has 204 valence electrons. The predicted octanol–water partition coefficient (Wildman–Crippen LogP) is 3.08. The van der Waals surface area contributed by atoms with Gasteiger partial charge in [-0.25, -0.2) is 4.98 Å². The highest BCUT2D eigenvalue weighted by molar-refractivity contribution is 7.09. The van der Waals surface area contributed by atoms with Crippen LogP contribution in [-0.2, 0) is 14.3 Å². The van der Waals surface area contributed by atoms with Crippen LogP contribution in [0, 0.1) is 24.2 Å². The van der Waals surface area contributed by atoms with E-state index in [0.29, 0.717) is 31.1 Å². The molecule has 1 aliphatic heterocycles. The van der Waals surface area contributed by atoms with Gasteiger partial charge >= 0.3 is 0 Å². The number of thiazole rings is 1. The van der Waals surface area contributed by atoms with Crippen molar-refractivity contribution >= 4 is 29.5 Å². The van der Waals surface area contributed by atoms with Crippen LogP contribution in [0.15, 0.2) is 11.0 Å². The van der Waals surface area contributed by atoms with Crippen molar-refractivity contribution in [1.29, 1.82) is 0 Å². The van der Waals surface area contributed by atoms with Crippen LogP contribution in [0.4, 0.5) is 0 Å². The first kappa shape index (κ1) is 30.7. The van der Waals surface area contributed by atoms with Crippen molar-refractivity contribution in [2.45, 2.75) is 110 Å². The number of ether oxygens (including phenoxy) is 1. The number of ketones is 1. The van der Waals surface area contributed by atoms with Crippen LogP contribution in [0.3, 0.4) is 0 Å². The second-order valence-electron chi connectivity index (χ2n) is 11.1. The van der Waals surface area contributed by atoms with E-state index in [0.717, 1.165) is 10.7 Å². The molecule has 0 spiro atoms. The summed E-state index contributed by atoms with van der Waals surface area (Å²) in [6.45, 7) is 12.3. The topological polar surface area (TPSA) is 140 Å². The SMILES string of the molecule is C/C(=C\c1csc(C)n1)C(O)C(O)C1OC1(C)CCCC(C)C(O)C(C)C(=O)C(C)(C)C(O)CC=O. The van der Waals surface area contributed by atoms with E-state index in [1.165, 1.54) is 11.3 Å². The van der Waals surface area contributed by atoms with Crippen molar-refractivity contribution in [1.82, 2.24) is 4.98 Å². The first-order chi connectivity index (χ1) is 16.7. The van der Waals surface area contributed by atoms with E-state index in [-0.39, 0.29) is 18.1 Å². The second kappa shape index (κ2) is 12.4. The summed E-state index contributed by atoms with van der Waals surface area (Å²) in [5, 5.41) is 45.1. The van der Waals surface area contributed by atoms with Crippen molar-refractivity contribution in [3.8, 4) is 0 Å². The molecule has 8 atom stereocenters. The molecule has 0 aliphatic carbocycles. The molecule has 1 aliphatic rings. The first-order valence-electron chi connectivity index (χ1n) is 12.6. The highest BCUT2D eigenvalue weighted by atomic mass is 32.1. The molecule has 36 heavy (non-hydrogen) atoms. The summed E-state index contributed by atoms with van der Waals surface area (Å²) in [7, 11) is 0. The zero-order valence-corrected chi connectivity index (χ0v) is 23.3. The fraction of sp³-hybridized carbons (Fsp3) is 0.741. The third kappa shape index (κ3) is 7.30. The molecular weight excluding hydrogens is 482 g/mol. The summed E-state index contributed by atoms with van der Waals surface area (Å²) in [5.74, 6) is -1.14. The summed E-state index contributed by atoms with van der Waals surface area (Å²) in [5.41, 5.74) is -0.332. The summed E-state index contributed by atoms with van der Waals surface area (Å²) >= 11 is 1.52. The lowest BCUT2D eigenvalue weighted by molar-refractivity contribution is -0.142. The van der Waals surface area contributed by atoms with Crippen LogP contribution in [0.5, 0.6) is 0 Å². The summed E-state index contributed by atoms with van der Waals surface area (Å²) in [6.07, 6.45) is -0.392. The molecule has 0 aromatic carbocycles. The van der Waals surface area contributed by atoms with Gasteiger partial charge in [0, 0.05) is 17.7 Å². The lowest BCUT2D eigenvalue weighted by Crippen LogP contribution is -2.44. The van der Waals surface area contributed by atoms with Gasteiger partial charge < -0.3 is 30.0 Å². The average Bonchev–Trinajstić information content (AvgIpc) is 3.33. The number of aldehydes is 1. The minimum absolute atomic E-state index is 0.128. The molecule has 8 unspecified atom stereocenters. The molecule has 2 rings (SSSR count). The predicted molar refractivity (Wildman–Crippen MR) is 139 cm³/mol. The molecule has 4 N–H and O–H groups in total. The molecule has 0 saturated carbocycles. The largest absolute Gasteiger partial charge is 0.392 e. The zero-order chi connectivity index (χ0) is 27.4. The van der Waals surface area contributed by atoms with Gasteiger partial charge in [-0.05, 0) is 51.2 Å². The summed E-state index contributed by atoms with van der Waals surface area (Å²) < 4.78 is 5.79. The number of aryl methyl sites for hydroxylation is 1. The summed E-state index contributed by atoms with van der Waals surface area (Å²) in [4.78, 5) is 28.0. The molecule has 1 saturated heterocycles. The van der Waals surface area contributed by atoms with Crippen LogP contribution in [0.2, 0.25) is 0 Å². The highest BCUT2D eigenvalue weighted by Gasteiger charge is 2.57. The van der Waals surface area contributed by atoms with Crippen molar-refractivity contribution in [2.75, 3.05) is 0 Å². The Labute approximate surface area is 218 Å². The van der Waals surface area contributed by atoms with Gasteiger partial charge in [-0.2, -0.15) is 0 Å². The standard InChI is InChI=1S/C27H43NO7S/c1-15(21(31)17(3)24(34)26(5,6)20(30)10-12-29)9-8-11-27(7)25(35-27)23(33)22(32)16(2)13-19-14-36-18(4)28-19/h12-15,17,20-23,25,30-33H,8-11H2,1-7H3/b16-13+. The second-order valence-corrected chi connectivity index (χ2v) is 12.2. The Morgan fingerprint density at radius 3 is 2.47 bits per heavy atom. The number of aliphatic hydroxyl groups is 4. The normalized spacial score (nSPS) is 25.5. The van der Waals surface area contributed by atoms with Crippen LogP contribution in [-0.4, -0.2) is 73.6 Å². The van der Waals surface area contributed by atoms with Gasteiger partial charge in [-0.15, -0.1) is 11.3 Å². The fourth-order valence-electron chi connectivity index (χ4n) is 4.82. The van der Waals surface area contributed by atoms with Gasteiger partial charge in [0.25, 0.3) is 0 Å². The Kier molecular flexibility index (Phi) is 10.6. The number of rotatable bonds is 15. The number of carbonyl (C=O) groups excluding carboxylic acids is 2. The third-order valence-electron chi connectivity index (χ3n) is 7.68. The number of hydrogen-bond donors (Lipinski definition) is 4. The molecule has 2 heterocycles. The number of nitrogens with zero attached hydrogens (tertiary/aromatic N) is 1. The maximum Gasteiger partial charge on any atom is 0.146 e. The number of hydrogen-bond acceptors (Lipinski definition) is 9. The molecule has 9 heteroatoms. The molecule has 8 nitrogen and oxygen atoms in total. The van der Waals surface area contributed by atoms with Crippen LogP contribution < -0.4 is 0 Å². The van der Waals surface area contributed by atoms with Crippen LogP contribution in [0.25, 0.3) is 6.08 Å². The monoisotopic (exact) mass is 525 g/mol. The number of carbonyl (C=O) groups is 2. The Morgan fingerprint density at radius 2 is 1.92 bits per heavy atom. The fourth-order valence-corrected chi connectivity index (χ4v) is 5.39. The average molecular weight is 526 g/mol. The van der Waals surface area contributed by atoms with Crippen LogP contribution >= 0.6 is 11.3 Å². The number of aliphatic hydroxyl groups excluding tert-OH is 4. The Morgan fingerprint density at radius 1 is 1.28 bits per heavy atom. The quantitative estimate of drug-likeness (QED) is 0.202. The third-order valence-corrected chi connectivity index (χ3v) is 8.47. The lowest BCUT2D eigenvalue weighted by atomic mass is 9.73. The number of epoxide rings is 1. The van der Waals surface area contributed by atoms with Gasteiger partial charge in [0.15, 0.2) is 0 Å². The van der Waals surface area contributed by atoms with Crippen molar-refractivity contribution in [3.05, 3.63) is 21.7 Å². The molecule has 0 bridgehead atoms. The summed E-state index contributed by atoms with van der Waals surface area (Å²) in [6, 6.07) is 0. The van der Waals surface area contributed by atoms with Crippen molar-refractivity contribution in [2.24, 2.45) is 17.3 Å². The Hall–Kier alpha value is -1.49. The minimum atomic E-state index is -1.13. The van der Waals surface area contributed by atoms with E-state index in [1.807, 2.05) is 26.2 Å². The molecule has 1 fully saturated rings. The highest BCUT2D eigenvalue weighted by Crippen LogP contribution is 2.44.